The molecule has 0 amide bonds. The van der Waals surface area contributed by atoms with E-state index in [4.69, 9.17) is 14.6 Å². The van der Waals surface area contributed by atoms with Crippen molar-refractivity contribution in [1.29, 1.82) is 0 Å². The van der Waals surface area contributed by atoms with Crippen molar-refractivity contribution in [2.24, 2.45) is 0 Å². The topological polar surface area (TPSA) is 81.8 Å². The highest BCUT2D eigenvalue weighted by molar-refractivity contribution is 9.10. The van der Waals surface area contributed by atoms with Crippen LogP contribution >= 0.6 is 15.9 Å². The predicted octanol–water partition coefficient (Wildman–Crippen LogP) is 2.71. The van der Waals surface area contributed by atoms with Crippen LogP contribution in [0.25, 0.3) is 11.3 Å². The molecule has 0 bridgehead atoms. The minimum atomic E-state index is -1.29. The lowest BCUT2D eigenvalue weighted by molar-refractivity contribution is 0.0652. The number of hydrogen-bond donors (Lipinski definition) is 1. The average molecular weight is 344 g/mol. The van der Waals surface area contributed by atoms with Crippen molar-refractivity contribution in [2.45, 2.75) is 0 Å². The van der Waals surface area contributed by atoms with Crippen molar-refractivity contribution in [3.63, 3.8) is 0 Å². The molecule has 0 radical (unpaired) electrons. The van der Waals surface area contributed by atoms with Gasteiger partial charge in [-0.25, -0.2) is 9.18 Å². The summed E-state index contributed by atoms with van der Waals surface area (Å²) in [6.07, 6.45) is 0. The summed E-state index contributed by atoms with van der Waals surface area (Å²) < 4.78 is 29.9. The number of carboxylic acids is 1. The van der Waals surface area contributed by atoms with Crippen LogP contribution in [-0.2, 0) is 0 Å². The average Bonchev–Trinajstić information content (AvgIpc) is 2.90. The van der Waals surface area contributed by atoms with Crippen LogP contribution in [0, 0.1) is 5.82 Å². The zero-order valence-corrected chi connectivity index (χ0v) is 11.4. The third kappa shape index (κ3) is 2.01. The Kier molecular flexibility index (Phi) is 3.09. The van der Waals surface area contributed by atoms with Gasteiger partial charge in [-0.2, -0.15) is 0 Å². The summed E-state index contributed by atoms with van der Waals surface area (Å²) in [5.41, 5.74) is 0.0354. The van der Waals surface area contributed by atoms with Gasteiger partial charge in [-0.1, -0.05) is 5.16 Å². The maximum atomic E-state index is 14.3. The maximum Gasteiger partial charge on any atom is 0.374 e. The summed E-state index contributed by atoms with van der Waals surface area (Å²) >= 11 is 3.07. The normalized spacial score (nSPS) is 13.3. The number of ether oxygens (including phenoxy) is 2. The van der Waals surface area contributed by atoms with Gasteiger partial charge in [-0.15, -0.1) is 0 Å². The van der Waals surface area contributed by atoms with Crippen LogP contribution in [0.15, 0.2) is 21.1 Å². The molecule has 2 aromatic rings. The lowest BCUT2D eigenvalue weighted by atomic mass is 10.1. The van der Waals surface area contributed by atoms with Crippen LogP contribution in [0.3, 0.4) is 0 Å². The van der Waals surface area contributed by atoms with Crippen LogP contribution in [0.4, 0.5) is 4.39 Å². The molecule has 0 aliphatic carbocycles. The van der Waals surface area contributed by atoms with Crippen molar-refractivity contribution in [2.75, 3.05) is 13.2 Å². The summed E-state index contributed by atoms with van der Waals surface area (Å²) in [4.78, 5) is 10.8. The third-order valence-electron chi connectivity index (χ3n) is 2.70. The molecular weight excluding hydrogens is 337 g/mol. The molecule has 0 saturated heterocycles. The van der Waals surface area contributed by atoms with Crippen LogP contribution in [0.1, 0.15) is 10.6 Å². The van der Waals surface area contributed by atoms with Gasteiger partial charge in [-0.3, -0.25) is 0 Å². The zero-order valence-electron chi connectivity index (χ0n) is 9.85. The molecular formula is C12H7BrFNO5. The Hall–Kier alpha value is -2.09. The molecule has 0 unspecified atom stereocenters. The number of carbonyl (C=O) groups is 1. The summed E-state index contributed by atoms with van der Waals surface area (Å²) in [5.74, 6) is -1.75. The van der Waals surface area contributed by atoms with Crippen LogP contribution in [0.2, 0.25) is 0 Å². The summed E-state index contributed by atoms with van der Waals surface area (Å²) in [5, 5.41) is 12.4. The number of carboxylic acid groups (broad SMARTS) is 1. The van der Waals surface area contributed by atoms with Crippen molar-refractivity contribution < 1.29 is 28.3 Å². The molecule has 8 heteroatoms. The van der Waals surface area contributed by atoms with Gasteiger partial charge >= 0.3 is 5.97 Å². The lowest BCUT2D eigenvalue weighted by Gasteiger charge is -2.21. The highest BCUT2D eigenvalue weighted by Crippen LogP contribution is 2.44. The van der Waals surface area contributed by atoms with Crippen molar-refractivity contribution >= 4 is 21.9 Å². The Bertz CT molecular complexity index is 699. The second-order valence-electron chi connectivity index (χ2n) is 3.95. The molecule has 0 spiro atoms. The molecule has 0 atom stereocenters. The fourth-order valence-electron chi connectivity index (χ4n) is 1.85. The summed E-state index contributed by atoms with van der Waals surface area (Å²) in [6, 6.07) is 2.58. The maximum absolute atomic E-state index is 14.3. The molecule has 0 fully saturated rings. The number of nitrogens with zero attached hydrogens (tertiary/aromatic N) is 1. The Morgan fingerprint density at radius 3 is 2.80 bits per heavy atom. The standard InChI is InChI=1S/C12H7BrFNO5/c13-5-3-7-11(19-2-1-18-7)9(10(5)14)6-4-8(12(16)17)20-15-6/h3-4H,1-2H2,(H,16,17). The second kappa shape index (κ2) is 4.78. The van der Waals surface area contributed by atoms with E-state index < -0.39 is 11.8 Å². The van der Waals surface area contributed by atoms with E-state index in [9.17, 15) is 9.18 Å². The molecule has 6 nitrogen and oxygen atoms in total. The highest BCUT2D eigenvalue weighted by Gasteiger charge is 2.26. The van der Waals surface area contributed by atoms with E-state index in [2.05, 4.69) is 25.6 Å². The Morgan fingerprint density at radius 2 is 2.10 bits per heavy atom. The van der Waals surface area contributed by atoms with Gasteiger partial charge in [0.2, 0.25) is 5.76 Å². The van der Waals surface area contributed by atoms with Gasteiger partial charge in [0.1, 0.15) is 18.9 Å². The fourth-order valence-corrected chi connectivity index (χ4v) is 2.26. The van der Waals surface area contributed by atoms with Crippen molar-refractivity contribution in [3.05, 3.63) is 28.2 Å². The van der Waals surface area contributed by atoms with E-state index >= 15 is 0 Å². The first-order valence-electron chi connectivity index (χ1n) is 5.56. The summed E-state index contributed by atoms with van der Waals surface area (Å²) in [6.45, 7) is 0.619. The Labute approximate surface area is 120 Å². The molecule has 2 heterocycles. The number of rotatable bonds is 2. The minimum Gasteiger partial charge on any atom is -0.486 e. The number of aromatic nitrogens is 1. The van der Waals surface area contributed by atoms with Crippen LogP contribution in [0.5, 0.6) is 11.5 Å². The second-order valence-corrected chi connectivity index (χ2v) is 4.81. The molecule has 1 aromatic heterocycles. The monoisotopic (exact) mass is 343 g/mol. The third-order valence-corrected chi connectivity index (χ3v) is 3.28. The SMILES string of the molecule is O=C(O)c1cc(-c2c(F)c(Br)cc3c2OCCO3)no1. The molecule has 1 aliphatic heterocycles. The Morgan fingerprint density at radius 1 is 1.35 bits per heavy atom. The molecule has 3 rings (SSSR count). The van der Waals surface area contributed by atoms with Gasteiger partial charge in [0, 0.05) is 12.1 Å². The van der Waals surface area contributed by atoms with E-state index in [0.717, 1.165) is 6.07 Å². The smallest absolute Gasteiger partial charge is 0.374 e. The quantitative estimate of drug-likeness (QED) is 0.902. The molecule has 104 valence electrons. The first-order chi connectivity index (χ1) is 9.58. The van der Waals surface area contributed by atoms with Gasteiger partial charge in [0.05, 0.1) is 10.0 Å². The van der Waals surface area contributed by atoms with Gasteiger partial charge < -0.3 is 19.1 Å². The van der Waals surface area contributed by atoms with E-state index in [0.29, 0.717) is 12.4 Å². The lowest BCUT2D eigenvalue weighted by Crippen LogP contribution is -2.16. The highest BCUT2D eigenvalue weighted by atomic mass is 79.9. The molecule has 20 heavy (non-hydrogen) atoms. The van der Waals surface area contributed by atoms with Gasteiger partial charge in [-0.05, 0) is 15.9 Å². The van der Waals surface area contributed by atoms with Gasteiger partial charge in [0.25, 0.3) is 0 Å². The Balaban J connectivity index is 2.20. The first kappa shape index (κ1) is 12.9. The minimum absolute atomic E-state index is 0.00493. The van der Waals surface area contributed by atoms with Gasteiger partial charge in [0.15, 0.2) is 17.3 Å². The molecule has 0 saturated carbocycles. The number of benzene rings is 1. The van der Waals surface area contributed by atoms with E-state index in [1.54, 1.807) is 0 Å². The summed E-state index contributed by atoms with van der Waals surface area (Å²) in [7, 11) is 0. The largest absolute Gasteiger partial charge is 0.486 e. The fraction of sp³-hybridized carbons (Fsp3) is 0.167. The van der Waals surface area contributed by atoms with E-state index in [1.807, 2.05) is 0 Å². The number of hydrogen-bond acceptors (Lipinski definition) is 5. The van der Waals surface area contributed by atoms with Crippen molar-refractivity contribution in [3.8, 4) is 22.8 Å². The molecule has 1 aliphatic rings. The molecule has 1 aromatic carbocycles. The zero-order chi connectivity index (χ0) is 14.3. The number of halogens is 2. The van der Waals surface area contributed by atoms with E-state index in [-0.39, 0.29) is 33.8 Å². The van der Waals surface area contributed by atoms with E-state index in [1.165, 1.54) is 6.07 Å². The van der Waals surface area contributed by atoms with Crippen molar-refractivity contribution in [1.82, 2.24) is 5.16 Å². The number of aromatic carboxylic acids is 1. The molecule has 1 N–H and O–H groups in total. The first-order valence-corrected chi connectivity index (χ1v) is 6.35. The predicted molar refractivity (Wildman–Crippen MR) is 67.5 cm³/mol. The van der Waals surface area contributed by atoms with Crippen LogP contribution in [-0.4, -0.2) is 29.4 Å². The number of fused-ring (bicyclic) bond motifs is 1. The van der Waals surface area contributed by atoms with Crippen LogP contribution < -0.4 is 9.47 Å².